The van der Waals surface area contributed by atoms with Crippen LogP contribution >= 0.6 is 23.2 Å². The van der Waals surface area contributed by atoms with E-state index in [0.29, 0.717) is 33.7 Å². The van der Waals surface area contributed by atoms with Crippen LogP contribution < -0.4 is 5.32 Å². The molecule has 0 saturated heterocycles. The number of halogens is 2. The molecular weight excluding hydrogens is 373 g/mol. The first kappa shape index (κ1) is 18.4. The highest BCUT2D eigenvalue weighted by Crippen LogP contribution is 2.30. The average Bonchev–Trinajstić information content (AvgIpc) is 3.09. The quantitative estimate of drug-likeness (QED) is 0.653. The van der Waals surface area contributed by atoms with E-state index in [0.717, 1.165) is 5.56 Å². The van der Waals surface area contributed by atoms with E-state index >= 15 is 0 Å². The summed E-state index contributed by atoms with van der Waals surface area (Å²) in [4.78, 5) is 20.4. The maximum atomic E-state index is 12.1. The van der Waals surface area contributed by atoms with Gasteiger partial charge in [0.15, 0.2) is 11.7 Å². The van der Waals surface area contributed by atoms with Crippen molar-refractivity contribution in [3.05, 3.63) is 70.4 Å². The lowest BCUT2D eigenvalue weighted by Crippen LogP contribution is -2.26. The van der Waals surface area contributed by atoms with E-state index in [1.807, 2.05) is 19.1 Å². The van der Waals surface area contributed by atoms with Gasteiger partial charge in [0.1, 0.15) is 0 Å². The second kappa shape index (κ2) is 8.34. The molecule has 134 valence electrons. The van der Waals surface area contributed by atoms with Crippen LogP contribution in [0, 0.1) is 0 Å². The normalized spacial score (nSPS) is 12.0. The van der Waals surface area contributed by atoms with Gasteiger partial charge in [0.2, 0.25) is 5.91 Å². The topological polar surface area (TPSA) is 68.0 Å². The number of hydrogen-bond donors (Lipinski definition) is 1. The molecule has 0 radical (unpaired) electrons. The van der Waals surface area contributed by atoms with E-state index in [2.05, 4.69) is 15.3 Å². The summed E-state index contributed by atoms with van der Waals surface area (Å²) in [5, 5.41) is 3.98. The Morgan fingerprint density at radius 1 is 1.27 bits per heavy atom. The van der Waals surface area contributed by atoms with E-state index in [9.17, 15) is 4.79 Å². The lowest BCUT2D eigenvalue weighted by atomic mass is 10.1. The summed E-state index contributed by atoms with van der Waals surface area (Å²) in [7, 11) is 0. The predicted octanol–water partition coefficient (Wildman–Crippen LogP) is 4.85. The van der Waals surface area contributed by atoms with Crippen LogP contribution in [0.25, 0.3) is 11.3 Å². The van der Waals surface area contributed by atoms with Crippen LogP contribution in [0.5, 0.6) is 0 Å². The molecule has 26 heavy (non-hydrogen) atoms. The van der Waals surface area contributed by atoms with Gasteiger partial charge in [-0.05, 0) is 36.8 Å². The summed E-state index contributed by atoms with van der Waals surface area (Å²) in [6.45, 7) is 1.92. The number of rotatable bonds is 6. The standard InChI is InChI=1S/C19H17Cl2N3O2/c1-12(13-3-2-8-22-10-13)24-18(25)6-7-19-23-11-17(26-19)15-5-4-14(20)9-16(15)21/h2-5,8-12H,6-7H2,1H3,(H,24,25). The number of aromatic nitrogens is 2. The molecule has 5 nitrogen and oxygen atoms in total. The van der Waals surface area contributed by atoms with Crippen molar-refractivity contribution in [2.45, 2.75) is 25.8 Å². The highest BCUT2D eigenvalue weighted by molar-refractivity contribution is 6.36. The first-order valence-electron chi connectivity index (χ1n) is 8.12. The fourth-order valence-electron chi connectivity index (χ4n) is 2.49. The lowest BCUT2D eigenvalue weighted by molar-refractivity contribution is -0.121. The van der Waals surface area contributed by atoms with Gasteiger partial charge in [-0.2, -0.15) is 0 Å². The summed E-state index contributed by atoms with van der Waals surface area (Å²) >= 11 is 12.1. The fourth-order valence-corrected chi connectivity index (χ4v) is 2.99. The number of hydrogen-bond acceptors (Lipinski definition) is 4. The first-order valence-corrected chi connectivity index (χ1v) is 8.88. The molecule has 0 aliphatic rings. The number of oxazole rings is 1. The van der Waals surface area contributed by atoms with Crippen molar-refractivity contribution >= 4 is 29.1 Å². The van der Waals surface area contributed by atoms with Crippen LogP contribution in [-0.2, 0) is 11.2 Å². The van der Waals surface area contributed by atoms with Crippen molar-refractivity contribution in [1.29, 1.82) is 0 Å². The van der Waals surface area contributed by atoms with Gasteiger partial charge in [-0.15, -0.1) is 0 Å². The summed E-state index contributed by atoms with van der Waals surface area (Å²) in [5.41, 5.74) is 1.67. The molecular formula is C19H17Cl2N3O2. The molecule has 2 aromatic heterocycles. The van der Waals surface area contributed by atoms with Gasteiger partial charge in [-0.3, -0.25) is 9.78 Å². The number of carbonyl (C=O) groups is 1. The zero-order valence-electron chi connectivity index (χ0n) is 14.1. The molecule has 2 heterocycles. The Labute approximate surface area is 161 Å². The molecule has 0 bridgehead atoms. The van der Waals surface area contributed by atoms with E-state index in [4.69, 9.17) is 27.6 Å². The third-order valence-corrected chi connectivity index (χ3v) is 4.43. The van der Waals surface area contributed by atoms with Crippen molar-refractivity contribution in [1.82, 2.24) is 15.3 Å². The minimum absolute atomic E-state index is 0.0781. The number of aryl methyl sites for hydroxylation is 1. The number of carbonyl (C=O) groups excluding carboxylic acids is 1. The summed E-state index contributed by atoms with van der Waals surface area (Å²) in [6.07, 6.45) is 5.71. The van der Waals surface area contributed by atoms with Gasteiger partial charge in [-0.1, -0.05) is 29.3 Å². The van der Waals surface area contributed by atoms with Crippen molar-refractivity contribution in [3.8, 4) is 11.3 Å². The summed E-state index contributed by atoms with van der Waals surface area (Å²) in [5.74, 6) is 0.951. The lowest BCUT2D eigenvalue weighted by Gasteiger charge is -2.13. The second-order valence-corrected chi connectivity index (χ2v) is 6.66. The maximum Gasteiger partial charge on any atom is 0.220 e. The Hall–Kier alpha value is -2.37. The third-order valence-electron chi connectivity index (χ3n) is 3.88. The van der Waals surface area contributed by atoms with Gasteiger partial charge in [0.25, 0.3) is 0 Å². The minimum Gasteiger partial charge on any atom is -0.441 e. The Morgan fingerprint density at radius 2 is 2.12 bits per heavy atom. The molecule has 3 rings (SSSR count). The zero-order valence-corrected chi connectivity index (χ0v) is 15.6. The van der Waals surface area contributed by atoms with Crippen molar-refractivity contribution in [2.24, 2.45) is 0 Å². The number of nitrogens with one attached hydrogen (secondary N) is 1. The Bertz CT molecular complexity index is 897. The second-order valence-electron chi connectivity index (χ2n) is 5.82. The van der Waals surface area contributed by atoms with Crippen molar-refractivity contribution in [2.75, 3.05) is 0 Å². The largest absolute Gasteiger partial charge is 0.441 e. The fraction of sp³-hybridized carbons (Fsp3) is 0.211. The van der Waals surface area contributed by atoms with Gasteiger partial charge in [0.05, 0.1) is 17.3 Å². The molecule has 1 atom stereocenters. The molecule has 0 fully saturated rings. The molecule has 0 spiro atoms. The van der Waals surface area contributed by atoms with E-state index in [1.165, 1.54) is 0 Å². The monoisotopic (exact) mass is 389 g/mol. The van der Waals surface area contributed by atoms with Crippen LogP contribution in [0.4, 0.5) is 0 Å². The van der Waals surface area contributed by atoms with E-state index < -0.39 is 0 Å². The zero-order chi connectivity index (χ0) is 18.5. The van der Waals surface area contributed by atoms with Gasteiger partial charge >= 0.3 is 0 Å². The molecule has 1 unspecified atom stereocenters. The molecule has 1 aromatic carbocycles. The molecule has 1 amide bonds. The van der Waals surface area contributed by atoms with Crippen LogP contribution in [-0.4, -0.2) is 15.9 Å². The maximum absolute atomic E-state index is 12.1. The molecule has 0 aliphatic carbocycles. The summed E-state index contributed by atoms with van der Waals surface area (Å²) < 4.78 is 5.70. The Morgan fingerprint density at radius 3 is 2.85 bits per heavy atom. The van der Waals surface area contributed by atoms with E-state index in [1.54, 1.807) is 36.8 Å². The van der Waals surface area contributed by atoms with Crippen LogP contribution in [0.3, 0.4) is 0 Å². The van der Waals surface area contributed by atoms with Crippen LogP contribution in [0.1, 0.15) is 30.8 Å². The molecule has 7 heteroatoms. The summed E-state index contributed by atoms with van der Waals surface area (Å²) in [6, 6.07) is 8.82. The molecule has 0 aliphatic heterocycles. The van der Waals surface area contributed by atoms with Crippen LogP contribution in [0.15, 0.2) is 53.3 Å². The van der Waals surface area contributed by atoms with Gasteiger partial charge in [0, 0.05) is 35.8 Å². The number of amides is 1. The molecule has 3 aromatic rings. The van der Waals surface area contributed by atoms with Crippen LogP contribution in [0.2, 0.25) is 10.0 Å². The van der Waals surface area contributed by atoms with Crippen molar-refractivity contribution < 1.29 is 9.21 Å². The number of nitrogens with zero attached hydrogens (tertiary/aromatic N) is 2. The van der Waals surface area contributed by atoms with Crippen molar-refractivity contribution in [3.63, 3.8) is 0 Å². The number of pyridine rings is 1. The smallest absolute Gasteiger partial charge is 0.220 e. The molecule has 0 saturated carbocycles. The van der Waals surface area contributed by atoms with Gasteiger partial charge in [-0.25, -0.2) is 4.98 Å². The Balaban J connectivity index is 1.57. The van der Waals surface area contributed by atoms with Gasteiger partial charge < -0.3 is 9.73 Å². The minimum atomic E-state index is -0.107. The average molecular weight is 390 g/mol. The number of benzene rings is 1. The molecule has 1 N–H and O–H groups in total. The SMILES string of the molecule is CC(NC(=O)CCc1ncc(-c2ccc(Cl)cc2Cl)o1)c1cccnc1. The highest BCUT2D eigenvalue weighted by Gasteiger charge is 2.13. The highest BCUT2D eigenvalue weighted by atomic mass is 35.5. The van der Waals surface area contributed by atoms with E-state index in [-0.39, 0.29) is 18.4 Å². The predicted molar refractivity (Wildman–Crippen MR) is 101 cm³/mol. The third kappa shape index (κ3) is 4.62. The Kier molecular flexibility index (Phi) is 5.91. The first-order chi connectivity index (χ1) is 12.5.